The van der Waals surface area contributed by atoms with E-state index in [2.05, 4.69) is 21.0 Å². The Labute approximate surface area is 198 Å². The molecule has 1 aromatic carbocycles. The van der Waals surface area contributed by atoms with Gasteiger partial charge in [0.1, 0.15) is 0 Å². The van der Waals surface area contributed by atoms with Crippen molar-refractivity contribution in [3.05, 3.63) is 52.0 Å². The van der Waals surface area contributed by atoms with Crippen LogP contribution in [0, 0.1) is 5.41 Å². The number of nitrogens with two attached hydrogens (primary N) is 2. The number of aliphatic imine (C=N–C) groups is 1. The number of aromatic nitrogens is 1. The number of unbranched alkanes of at least 4 members (excludes halogenated alkanes) is 1. The zero-order chi connectivity index (χ0) is 24.6. The number of hydrogen-bond donors (Lipinski definition) is 4. The predicted octanol–water partition coefficient (Wildman–Crippen LogP) is 2.48. The molecule has 6 N–H and O–H groups in total. The minimum absolute atomic E-state index is 0.141. The summed E-state index contributed by atoms with van der Waals surface area (Å²) in [4.78, 5) is 44.6. The van der Waals surface area contributed by atoms with Crippen molar-refractivity contribution in [3.63, 3.8) is 0 Å². The van der Waals surface area contributed by atoms with Gasteiger partial charge in [0.05, 0.1) is 12.4 Å². The van der Waals surface area contributed by atoms with E-state index in [0.29, 0.717) is 17.8 Å². The number of benzene rings is 1. The molecule has 10 heteroatoms. The summed E-state index contributed by atoms with van der Waals surface area (Å²) in [6, 6.07) is 6.94. The van der Waals surface area contributed by atoms with E-state index in [1.807, 2.05) is 31.2 Å². The molecule has 0 aliphatic rings. The fourth-order valence-electron chi connectivity index (χ4n) is 2.84. The maximum atomic E-state index is 12.7. The predicted molar refractivity (Wildman–Crippen MR) is 132 cm³/mol. The number of rotatable bonds is 12. The van der Waals surface area contributed by atoms with Crippen molar-refractivity contribution in [2.45, 2.75) is 58.2 Å². The normalized spacial score (nSPS) is 12.3. The Balaban J connectivity index is 0.00000172. The Hall–Kier alpha value is -3.24. The number of Topliss-reactive ketones (excluding diaryl/α,β-unsaturated/α-hetero) is 2. The lowest BCUT2D eigenvalue weighted by Gasteiger charge is -2.16. The van der Waals surface area contributed by atoms with Crippen LogP contribution >= 0.6 is 11.3 Å². The van der Waals surface area contributed by atoms with Crippen molar-refractivity contribution in [2.24, 2.45) is 16.5 Å². The van der Waals surface area contributed by atoms with E-state index < -0.39 is 12.2 Å². The van der Waals surface area contributed by atoms with Gasteiger partial charge in [-0.2, -0.15) is 0 Å². The van der Waals surface area contributed by atoms with Gasteiger partial charge in [-0.1, -0.05) is 44.0 Å². The van der Waals surface area contributed by atoms with E-state index in [9.17, 15) is 14.4 Å². The fourth-order valence-corrected chi connectivity index (χ4v) is 3.47. The Morgan fingerprint density at radius 3 is 2.61 bits per heavy atom. The van der Waals surface area contributed by atoms with Gasteiger partial charge in [-0.3, -0.25) is 24.8 Å². The van der Waals surface area contributed by atoms with Crippen LogP contribution in [0.2, 0.25) is 0 Å². The molecule has 1 aromatic heterocycles. The first-order valence-corrected chi connectivity index (χ1v) is 11.5. The summed E-state index contributed by atoms with van der Waals surface area (Å²) >= 11 is 1.28. The summed E-state index contributed by atoms with van der Waals surface area (Å²) < 4.78 is 0. The third kappa shape index (κ3) is 10.3. The lowest BCUT2D eigenvalue weighted by Crippen LogP contribution is -2.41. The van der Waals surface area contributed by atoms with Crippen LogP contribution in [0.3, 0.4) is 0 Å². The summed E-state index contributed by atoms with van der Waals surface area (Å²) in [6.07, 6.45) is 6.10. The number of nitrogens with zero attached hydrogens (tertiary/aromatic N) is 2. The Morgan fingerprint density at radius 1 is 1.30 bits per heavy atom. The van der Waals surface area contributed by atoms with Crippen LogP contribution in [-0.4, -0.2) is 47.2 Å². The van der Waals surface area contributed by atoms with Crippen LogP contribution < -0.4 is 16.8 Å². The van der Waals surface area contributed by atoms with E-state index in [1.54, 1.807) is 17.8 Å². The van der Waals surface area contributed by atoms with Crippen LogP contribution in [0.25, 0.3) is 0 Å². The van der Waals surface area contributed by atoms with Gasteiger partial charge in [-0.25, -0.2) is 4.98 Å². The number of thiazole rings is 1. The highest BCUT2D eigenvalue weighted by molar-refractivity contribution is 7.11. The number of ketones is 2. The Bertz CT molecular complexity index is 930. The zero-order valence-electron chi connectivity index (χ0n) is 19.0. The molecule has 0 aliphatic carbocycles. The van der Waals surface area contributed by atoms with Crippen molar-refractivity contribution in [2.75, 3.05) is 0 Å². The molecule has 2 atom stereocenters. The van der Waals surface area contributed by atoms with E-state index in [4.69, 9.17) is 11.1 Å². The number of amides is 1. The van der Waals surface area contributed by atoms with Gasteiger partial charge in [0, 0.05) is 24.2 Å². The highest BCUT2D eigenvalue weighted by Gasteiger charge is 2.23. The summed E-state index contributed by atoms with van der Waals surface area (Å²) in [5.74, 6) is -0.545. The fraction of sp³-hybridized carbons (Fsp3) is 0.391. The number of aryl methyl sites for hydroxylation is 1. The minimum atomic E-state index is -0.891. The van der Waals surface area contributed by atoms with Crippen LogP contribution in [0.15, 0.2) is 40.8 Å². The van der Waals surface area contributed by atoms with Gasteiger partial charge in [0.25, 0.3) is 0 Å². The molecular weight excluding hydrogens is 440 g/mol. The van der Waals surface area contributed by atoms with Crippen LogP contribution in [0.4, 0.5) is 0 Å². The van der Waals surface area contributed by atoms with Crippen LogP contribution in [-0.2, 0) is 16.0 Å². The lowest BCUT2D eigenvalue weighted by atomic mass is 10.0. The zero-order valence-corrected chi connectivity index (χ0v) is 19.8. The van der Waals surface area contributed by atoms with Crippen molar-refractivity contribution in [3.8, 4) is 0 Å². The standard InChI is InChI=1S/C22H28N4O3S.CH4N2/c1-3-4-9-18(20(29)22-24-12-13-30-22)26-19(28)11-10-16-7-5-6-8-17(16)14-25-21(23)15(2)27;2-1-3/h5-8,12-14,18,21H,3-4,9-11,23H2,1-2H3,(H,26,28);1H,(H3,2,3)/b25-14-;. The quantitative estimate of drug-likeness (QED) is 0.210. The first-order chi connectivity index (χ1) is 15.8. The highest BCUT2D eigenvalue weighted by atomic mass is 32.1. The van der Waals surface area contributed by atoms with E-state index >= 15 is 0 Å². The van der Waals surface area contributed by atoms with Crippen molar-refractivity contribution >= 4 is 41.4 Å². The monoisotopic (exact) mass is 472 g/mol. The lowest BCUT2D eigenvalue weighted by molar-refractivity contribution is -0.121. The Kier molecular flexibility index (Phi) is 13.1. The number of carbonyl (C=O) groups is 3. The summed E-state index contributed by atoms with van der Waals surface area (Å²) in [7, 11) is 0. The highest BCUT2D eigenvalue weighted by Crippen LogP contribution is 2.13. The first-order valence-electron chi connectivity index (χ1n) is 10.6. The minimum Gasteiger partial charge on any atom is -0.390 e. The second kappa shape index (κ2) is 15.5. The van der Waals surface area contributed by atoms with Gasteiger partial charge >= 0.3 is 0 Å². The van der Waals surface area contributed by atoms with Crippen molar-refractivity contribution < 1.29 is 14.4 Å². The molecule has 1 heterocycles. The summed E-state index contributed by atoms with van der Waals surface area (Å²) in [5.41, 5.74) is 11.8. The second-order valence-corrected chi connectivity index (χ2v) is 8.06. The van der Waals surface area contributed by atoms with E-state index in [0.717, 1.165) is 30.3 Å². The third-order valence-electron chi connectivity index (χ3n) is 4.61. The molecule has 0 fully saturated rings. The van der Waals surface area contributed by atoms with Gasteiger partial charge in [-0.05, 0) is 30.9 Å². The topological polar surface area (TPSA) is 164 Å². The molecule has 9 nitrogen and oxygen atoms in total. The largest absolute Gasteiger partial charge is 0.390 e. The third-order valence-corrected chi connectivity index (χ3v) is 5.40. The molecule has 0 saturated carbocycles. The Morgan fingerprint density at radius 2 is 2.00 bits per heavy atom. The van der Waals surface area contributed by atoms with Gasteiger partial charge < -0.3 is 16.8 Å². The summed E-state index contributed by atoms with van der Waals surface area (Å²) in [6.45, 7) is 3.43. The van der Waals surface area contributed by atoms with Crippen LogP contribution in [0.5, 0.6) is 0 Å². The molecule has 2 aromatic rings. The first kappa shape index (κ1) is 27.8. The molecule has 33 heavy (non-hydrogen) atoms. The molecule has 1 amide bonds. The second-order valence-electron chi connectivity index (χ2n) is 7.16. The smallest absolute Gasteiger partial charge is 0.220 e. The number of hydrogen-bond acceptors (Lipinski definition) is 8. The van der Waals surface area contributed by atoms with Gasteiger partial charge in [0.15, 0.2) is 17.0 Å². The number of carbonyl (C=O) groups excluding carboxylic acids is 3. The average molecular weight is 473 g/mol. The van der Waals surface area contributed by atoms with E-state index in [1.165, 1.54) is 18.3 Å². The maximum Gasteiger partial charge on any atom is 0.220 e. The molecular formula is C23H32N6O3S. The molecule has 178 valence electrons. The SMILES string of the molecule is CCCCC(NC(=O)CCc1ccccc1/C=N\C(N)C(C)=O)C(=O)c1nccs1.N=CN. The summed E-state index contributed by atoms with van der Waals surface area (Å²) in [5, 5.41) is 10.9. The molecule has 0 aliphatic heterocycles. The van der Waals surface area contributed by atoms with Gasteiger partial charge in [0.2, 0.25) is 11.7 Å². The van der Waals surface area contributed by atoms with E-state index in [-0.39, 0.29) is 23.9 Å². The maximum absolute atomic E-state index is 12.7. The average Bonchev–Trinajstić information content (AvgIpc) is 3.34. The number of nitrogens with one attached hydrogen (secondary N) is 2. The molecule has 0 radical (unpaired) electrons. The van der Waals surface area contributed by atoms with Crippen LogP contribution in [0.1, 0.15) is 60.5 Å². The molecule has 2 unspecified atom stereocenters. The molecule has 2 rings (SSSR count). The van der Waals surface area contributed by atoms with Crippen molar-refractivity contribution in [1.82, 2.24) is 10.3 Å². The molecule has 0 bridgehead atoms. The molecule has 0 spiro atoms. The van der Waals surface area contributed by atoms with Gasteiger partial charge in [-0.15, -0.1) is 11.3 Å². The molecule has 0 saturated heterocycles. The van der Waals surface area contributed by atoms with Crippen molar-refractivity contribution in [1.29, 1.82) is 5.41 Å².